The fourth-order valence-electron chi connectivity index (χ4n) is 4.34. The molecule has 1 aliphatic heterocycles. The van der Waals surface area contributed by atoms with Crippen LogP contribution in [0.25, 0.3) is 0 Å². The second-order valence-corrected chi connectivity index (χ2v) is 9.81. The zero-order valence-electron chi connectivity index (χ0n) is 18.7. The molecule has 2 N–H and O–H groups in total. The Labute approximate surface area is 210 Å². The van der Waals surface area contributed by atoms with Crippen LogP contribution in [0.4, 0.5) is 27.6 Å². The molecule has 0 aromatic heterocycles. The molecule has 2 aromatic rings. The zero-order chi connectivity index (χ0) is 26.4. The summed E-state index contributed by atoms with van der Waals surface area (Å²) in [6.07, 6.45) is -7.13. The first-order valence-corrected chi connectivity index (χ1v) is 11.8. The summed E-state index contributed by atoms with van der Waals surface area (Å²) in [7, 11) is 0. The Balaban J connectivity index is 1.65. The number of ether oxygens (including phenoxy) is 2. The van der Waals surface area contributed by atoms with Gasteiger partial charge in [0.1, 0.15) is 0 Å². The number of carboxylic acids is 1. The summed E-state index contributed by atoms with van der Waals surface area (Å²) in [6, 6.07) is 7.91. The van der Waals surface area contributed by atoms with E-state index in [0.717, 1.165) is 38.0 Å². The molecular weight excluding hydrogens is 557 g/mol. The number of halogens is 6. The van der Waals surface area contributed by atoms with E-state index in [1.54, 1.807) is 18.2 Å². The van der Waals surface area contributed by atoms with Gasteiger partial charge >= 0.3 is 18.4 Å². The van der Waals surface area contributed by atoms with Gasteiger partial charge < -0.3 is 19.9 Å². The first-order chi connectivity index (χ1) is 16.7. The molecule has 1 heterocycles. The lowest BCUT2D eigenvalue weighted by molar-refractivity contribution is -0.286. The summed E-state index contributed by atoms with van der Waals surface area (Å²) in [6.45, 7) is 0.824. The number of carbonyl (C=O) groups excluding carboxylic acids is 1. The van der Waals surface area contributed by atoms with Gasteiger partial charge in [0.15, 0.2) is 11.5 Å². The van der Waals surface area contributed by atoms with Crippen molar-refractivity contribution in [1.82, 2.24) is 0 Å². The van der Waals surface area contributed by atoms with Crippen molar-refractivity contribution in [3.8, 4) is 11.5 Å². The van der Waals surface area contributed by atoms with Gasteiger partial charge in [-0.15, -0.1) is 8.78 Å². The number of fused-ring (bicyclic) bond motifs is 1. The van der Waals surface area contributed by atoms with Gasteiger partial charge in [0.05, 0.1) is 23.9 Å². The van der Waals surface area contributed by atoms with Crippen molar-refractivity contribution in [2.24, 2.45) is 11.8 Å². The average Bonchev–Trinajstić information content (AvgIpc) is 3.55. The predicted octanol–water partition coefficient (Wildman–Crippen LogP) is 6.66. The van der Waals surface area contributed by atoms with Crippen LogP contribution in [0.5, 0.6) is 11.5 Å². The first kappa shape index (κ1) is 26.2. The highest BCUT2D eigenvalue weighted by Gasteiger charge is 2.47. The maximum absolute atomic E-state index is 13.7. The summed E-state index contributed by atoms with van der Waals surface area (Å²) in [5.41, 5.74) is 0.621. The fourth-order valence-corrected chi connectivity index (χ4v) is 4.68. The smallest absolute Gasteiger partial charge is 0.481 e. The number of aliphatic carboxylic acids is 1. The molecule has 36 heavy (non-hydrogen) atoms. The van der Waals surface area contributed by atoms with Crippen LogP contribution in [0.1, 0.15) is 49.1 Å². The van der Waals surface area contributed by atoms with Gasteiger partial charge in [0, 0.05) is 4.47 Å². The van der Waals surface area contributed by atoms with Crippen LogP contribution >= 0.6 is 15.9 Å². The Hall–Kier alpha value is -2.89. The van der Waals surface area contributed by atoms with E-state index in [1.807, 2.05) is 0 Å². The number of carboxylic acid groups (broad SMARTS) is 1. The van der Waals surface area contributed by atoms with Gasteiger partial charge in [-0.05, 0) is 76.0 Å². The number of nitrogens with one attached hydrogen (secondary N) is 1. The molecule has 4 rings (SSSR count). The summed E-state index contributed by atoms with van der Waals surface area (Å²) in [4.78, 5) is 24.6. The molecule has 1 aliphatic carbocycles. The van der Waals surface area contributed by atoms with Gasteiger partial charge in [-0.1, -0.05) is 19.1 Å². The summed E-state index contributed by atoms with van der Waals surface area (Å²) < 4.78 is 77.0. The highest BCUT2D eigenvalue weighted by Crippen LogP contribution is 2.47. The van der Waals surface area contributed by atoms with E-state index in [2.05, 4.69) is 30.7 Å². The zero-order valence-corrected chi connectivity index (χ0v) is 20.3. The molecule has 0 spiro atoms. The number of benzene rings is 2. The van der Waals surface area contributed by atoms with E-state index in [0.29, 0.717) is 10.0 Å². The first-order valence-electron chi connectivity index (χ1n) is 11.0. The molecule has 2 aliphatic rings. The van der Waals surface area contributed by atoms with Crippen LogP contribution in [-0.2, 0) is 9.59 Å². The van der Waals surface area contributed by atoms with Gasteiger partial charge in [0.2, 0.25) is 5.91 Å². The number of hydrogen-bond acceptors (Lipinski definition) is 4. The molecule has 1 saturated carbocycles. The van der Waals surface area contributed by atoms with Gasteiger partial charge in [0.25, 0.3) is 0 Å². The van der Waals surface area contributed by atoms with Crippen molar-refractivity contribution in [1.29, 1.82) is 0 Å². The monoisotopic (exact) mass is 577 g/mol. The largest absolute Gasteiger partial charge is 0.586 e. The Morgan fingerprint density at radius 3 is 2.36 bits per heavy atom. The number of anilines is 1. The average molecular weight is 578 g/mol. The van der Waals surface area contributed by atoms with E-state index in [-0.39, 0.29) is 35.3 Å². The predicted molar refractivity (Wildman–Crippen MR) is 121 cm³/mol. The van der Waals surface area contributed by atoms with Gasteiger partial charge in [-0.25, -0.2) is 0 Å². The molecule has 0 bridgehead atoms. The third kappa shape index (κ3) is 5.74. The van der Waals surface area contributed by atoms with E-state index < -0.39 is 41.9 Å². The molecule has 1 fully saturated rings. The van der Waals surface area contributed by atoms with Crippen molar-refractivity contribution in [3.05, 3.63) is 52.0 Å². The van der Waals surface area contributed by atoms with Crippen molar-refractivity contribution in [2.45, 2.75) is 50.5 Å². The standard InChI is InChI=1S/C24H21BrF5NO5/c1-11(23(26,27)28)21(14-5-7-18-19(9-14)36-24(29,30)35-18)22(34)31-17-8-13(4-6-16(17)25)15(10-20(32)33)12-2-3-12/h4-9,11-12,15,21H,2-3,10H2,1H3,(H,31,34)(H,32,33)/t11-,15?,21?/m1/s1. The van der Waals surface area contributed by atoms with Crippen molar-refractivity contribution in [2.75, 3.05) is 5.32 Å². The Morgan fingerprint density at radius 1 is 1.11 bits per heavy atom. The van der Waals surface area contributed by atoms with E-state index >= 15 is 0 Å². The van der Waals surface area contributed by atoms with Crippen molar-refractivity contribution >= 4 is 33.5 Å². The summed E-state index contributed by atoms with van der Waals surface area (Å²) in [5, 5.41) is 11.8. The minimum absolute atomic E-state index is 0.116. The maximum atomic E-state index is 13.7. The normalized spacial score (nSPS) is 18.9. The highest BCUT2D eigenvalue weighted by atomic mass is 79.9. The molecule has 2 aromatic carbocycles. The van der Waals surface area contributed by atoms with Crippen LogP contribution in [0, 0.1) is 11.8 Å². The summed E-state index contributed by atoms with van der Waals surface area (Å²) >= 11 is 3.27. The SMILES string of the molecule is C[C@H](C(C(=O)Nc1cc(C(CC(=O)O)C2CC2)ccc1Br)c1ccc2c(c1)OC(F)(F)O2)C(F)(F)F. The number of amides is 1. The fraction of sp³-hybridized carbons (Fsp3) is 0.417. The molecule has 194 valence electrons. The lowest BCUT2D eigenvalue weighted by atomic mass is 9.85. The number of hydrogen-bond donors (Lipinski definition) is 2. The molecular formula is C24H21BrF5NO5. The van der Waals surface area contributed by atoms with Crippen LogP contribution < -0.4 is 14.8 Å². The van der Waals surface area contributed by atoms with Crippen molar-refractivity contribution < 1.29 is 46.1 Å². The van der Waals surface area contributed by atoms with Gasteiger partial charge in [-0.3, -0.25) is 9.59 Å². The molecule has 12 heteroatoms. The lowest BCUT2D eigenvalue weighted by Gasteiger charge is -2.26. The Bertz CT molecular complexity index is 1180. The lowest BCUT2D eigenvalue weighted by Crippen LogP contribution is -2.34. The number of alkyl halides is 5. The highest BCUT2D eigenvalue weighted by molar-refractivity contribution is 9.10. The van der Waals surface area contributed by atoms with E-state index in [1.165, 1.54) is 0 Å². The Kier molecular flexibility index (Phi) is 6.93. The van der Waals surface area contributed by atoms with Crippen LogP contribution in [0.2, 0.25) is 0 Å². The van der Waals surface area contributed by atoms with Crippen LogP contribution in [-0.4, -0.2) is 29.5 Å². The van der Waals surface area contributed by atoms with Crippen LogP contribution in [0.3, 0.4) is 0 Å². The van der Waals surface area contributed by atoms with Gasteiger partial charge in [-0.2, -0.15) is 13.2 Å². The third-order valence-corrected chi connectivity index (χ3v) is 7.04. The molecule has 0 radical (unpaired) electrons. The van der Waals surface area contributed by atoms with Crippen LogP contribution in [0.15, 0.2) is 40.9 Å². The third-order valence-electron chi connectivity index (χ3n) is 6.35. The topological polar surface area (TPSA) is 84.9 Å². The second-order valence-electron chi connectivity index (χ2n) is 8.95. The minimum Gasteiger partial charge on any atom is -0.481 e. The number of carbonyl (C=O) groups is 2. The quantitative estimate of drug-likeness (QED) is 0.343. The number of rotatable bonds is 8. The molecule has 6 nitrogen and oxygen atoms in total. The van der Waals surface area contributed by atoms with E-state index in [9.17, 15) is 36.6 Å². The molecule has 3 atom stereocenters. The second kappa shape index (κ2) is 9.53. The molecule has 0 saturated heterocycles. The molecule has 1 amide bonds. The van der Waals surface area contributed by atoms with Crippen molar-refractivity contribution in [3.63, 3.8) is 0 Å². The molecule has 2 unspecified atom stereocenters. The van der Waals surface area contributed by atoms with E-state index in [4.69, 9.17) is 0 Å². The summed E-state index contributed by atoms with van der Waals surface area (Å²) in [5.74, 6) is -6.94. The Morgan fingerprint density at radius 2 is 1.75 bits per heavy atom. The maximum Gasteiger partial charge on any atom is 0.586 e. The minimum atomic E-state index is -4.78.